The SMILES string of the molecule is NCCCCl.[O]=[V]. The summed E-state index contributed by atoms with van der Waals surface area (Å²) in [6, 6.07) is 0. The van der Waals surface area contributed by atoms with Crippen LogP contribution in [-0.2, 0) is 21.0 Å². The van der Waals surface area contributed by atoms with E-state index >= 15 is 0 Å². The Morgan fingerprint density at radius 1 is 1.57 bits per heavy atom. The average molecular weight is 160 g/mol. The van der Waals surface area contributed by atoms with Gasteiger partial charge in [0.1, 0.15) is 0 Å². The molecular weight excluding hydrogens is 152 g/mol. The Balaban J connectivity index is 0. The molecule has 7 heavy (non-hydrogen) atoms. The molecule has 0 aromatic heterocycles. The second-order valence-electron chi connectivity index (χ2n) is 0.831. The maximum atomic E-state index is 8.19. The fraction of sp³-hybridized carbons (Fsp3) is 1.00. The molecule has 43 valence electrons. The van der Waals surface area contributed by atoms with E-state index in [1.165, 1.54) is 0 Å². The summed E-state index contributed by atoms with van der Waals surface area (Å²) in [7, 11) is 0. The van der Waals surface area contributed by atoms with Gasteiger partial charge >= 0.3 is 21.0 Å². The van der Waals surface area contributed by atoms with E-state index in [2.05, 4.69) is 0 Å². The molecule has 0 aromatic rings. The van der Waals surface area contributed by atoms with Crippen LogP contribution in [0.4, 0.5) is 0 Å². The predicted octanol–water partition coefficient (Wildman–Crippen LogP) is 0.453. The molecule has 0 spiro atoms. The summed E-state index contributed by atoms with van der Waals surface area (Å²) in [4.78, 5) is 0. The van der Waals surface area contributed by atoms with Gasteiger partial charge < -0.3 is 5.73 Å². The van der Waals surface area contributed by atoms with Crippen molar-refractivity contribution in [2.24, 2.45) is 5.73 Å². The second kappa shape index (κ2) is 15.9. The van der Waals surface area contributed by atoms with Crippen molar-refractivity contribution < 1.29 is 21.0 Å². The quantitative estimate of drug-likeness (QED) is 0.596. The second-order valence-corrected chi connectivity index (χ2v) is 1.21. The zero-order valence-corrected chi connectivity index (χ0v) is 6.08. The van der Waals surface area contributed by atoms with Gasteiger partial charge in [0.05, 0.1) is 0 Å². The van der Waals surface area contributed by atoms with Crippen LogP contribution in [0.1, 0.15) is 6.42 Å². The first-order valence-corrected chi connectivity index (χ1v) is 2.96. The van der Waals surface area contributed by atoms with Crippen molar-refractivity contribution in [3.05, 3.63) is 0 Å². The Morgan fingerprint density at radius 2 is 2.00 bits per heavy atom. The molecule has 4 heteroatoms. The molecule has 0 aliphatic rings. The Bertz CT molecular complexity index is 28.9. The van der Waals surface area contributed by atoms with Crippen LogP contribution in [0.25, 0.3) is 0 Å². The molecule has 0 saturated heterocycles. The summed E-state index contributed by atoms with van der Waals surface area (Å²) in [5.41, 5.74) is 5.05. The van der Waals surface area contributed by atoms with E-state index in [-0.39, 0.29) is 0 Å². The van der Waals surface area contributed by atoms with Gasteiger partial charge in [-0.3, -0.25) is 0 Å². The first-order valence-electron chi connectivity index (χ1n) is 1.86. The standard InChI is InChI=1S/C3H8ClN.O.V/c4-2-1-3-5;;/h1-3,5H2;;. The van der Waals surface area contributed by atoms with Crippen LogP contribution in [0, 0.1) is 0 Å². The number of rotatable bonds is 2. The number of hydrogen-bond acceptors (Lipinski definition) is 2. The molecular formula is C3H8ClNOV. The third-order valence-electron chi connectivity index (χ3n) is 0.338. The molecule has 0 unspecified atom stereocenters. The van der Waals surface area contributed by atoms with Crippen LogP contribution in [0.15, 0.2) is 0 Å². The Hall–Kier alpha value is 0.634. The fourth-order valence-corrected chi connectivity index (χ4v) is 0.231. The third kappa shape index (κ3) is 20.5. The molecule has 2 N–H and O–H groups in total. The van der Waals surface area contributed by atoms with Gasteiger partial charge in [-0.25, -0.2) is 0 Å². The van der Waals surface area contributed by atoms with Crippen LogP contribution in [0.5, 0.6) is 0 Å². The van der Waals surface area contributed by atoms with Gasteiger partial charge in [-0.2, -0.15) is 0 Å². The molecule has 0 atom stereocenters. The van der Waals surface area contributed by atoms with E-state index in [1.54, 1.807) is 0 Å². The van der Waals surface area contributed by atoms with Gasteiger partial charge in [-0.05, 0) is 13.0 Å². The summed E-state index contributed by atoms with van der Waals surface area (Å²) >= 11 is 6.28. The predicted molar refractivity (Wildman–Crippen MR) is 25.1 cm³/mol. The van der Waals surface area contributed by atoms with Gasteiger partial charge in [-0.15, -0.1) is 11.6 Å². The van der Waals surface area contributed by atoms with E-state index in [0.717, 1.165) is 23.8 Å². The Kier molecular flexibility index (Phi) is 24.1. The molecule has 0 aromatic carbocycles. The number of alkyl halides is 1. The normalized spacial score (nSPS) is 6.43. The topological polar surface area (TPSA) is 43.1 Å². The van der Waals surface area contributed by atoms with Crippen molar-refractivity contribution >= 4 is 11.6 Å². The van der Waals surface area contributed by atoms with E-state index in [4.69, 9.17) is 21.0 Å². The first-order chi connectivity index (χ1) is 3.41. The number of halogens is 1. The molecule has 2 nitrogen and oxygen atoms in total. The Morgan fingerprint density at radius 3 is 2.00 bits per heavy atom. The van der Waals surface area contributed by atoms with Crippen molar-refractivity contribution in [3.63, 3.8) is 0 Å². The van der Waals surface area contributed by atoms with Crippen molar-refractivity contribution in [1.82, 2.24) is 0 Å². The molecule has 0 aliphatic carbocycles. The molecule has 0 fully saturated rings. The van der Waals surface area contributed by atoms with Crippen LogP contribution in [-0.4, -0.2) is 12.4 Å². The van der Waals surface area contributed by atoms with Gasteiger partial charge in [-0.1, -0.05) is 0 Å². The van der Waals surface area contributed by atoms with Gasteiger partial charge in [0, 0.05) is 5.88 Å². The average Bonchev–Trinajstić information content (AvgIpc) is 1.75. The summed E-state index contributed by atoms with van der Waals surface area (Å²) < 4.78 is 8.19. The summed E-state index contributed by atoms with van der Waals surface area (Å²) in [5.74, 6) is 0.691. The number of hydrogen-bond donors (Lipinski definition) is 1. The summed E-state index contributed by atoms with van der Waals surface area (Å²) in [6.07, 6.45) is 0.932. The van der Waals surface area contributed by atoms with Crippen molar-refractivity contribution in [1.29, 1.82) is 0 Å². The van der Waals surface area contributed by atoms with Gasteiger partial charge in [0.2, 0.25) is 0 Å². The molecule has 0 saturated carbocycles. The third-order valence-corrected chi connectivity index (χ3v) is 0.605. The number of nitrogens with two attached hydrogens (primary N) is 1. The minimum atomic E-state index is 0.691. The van der Waals surface area contributed by atoms with Gasteiger partial charge in [0.15, 0.2) is 0 Å². The minimum absolute atomic E-state index is 0.691. The van der Waals surface area contributed by atoms with Crippen LogP contribution < -0.4 is 5.73 Å². The molecule has 0 aliphatic heterocycles. The van der Waals surface area contributed by atoms with E-state index < -0.39 is 0 Å². The van der Waals surface area contributed by atoms with Crippen LogP contribution in [0.2, 0.25) is 0 Å². The van der Waals surface area contributed by atoms with Crippen molar-refractivity contribution in [2.45, 2.75) is 6.42 Å². The Labute approximate surface area is 57.6 Å². The van der Waals surface area contributed by atoms with Crippen molar-refractivity contribution in [3.8, 4) is 0 Å². The fourth-order valence-electron chi connectivity index (χ4n) is 0.0772. The molecule has 0 radical (unpaired) electrons. The zero-order valence-electron chi connectivity index (χ0n) is 3.93. The van der Waals surface area contributed by atoms with E-state index in [9.17, 15) is 0 Å². The molecule has 0 bridgehead atoms. The molecule has 0 rings (SSSR count). The van der Waals surface area contributed by atoms with Crippen LogP contribution >= 0.6 is 11.6 Å². The van der Waals surface area contributed by atoms with Crippen LogP contribution in [0.3, 0.4) is 0 Å². The van der Waals surface area contributed by atoms with Gasteiger partial charge in [0.25, 0.3) is 0 Å². The molecule has 0 amide bonds. The van der Waals surface area contributed by atoms with E-state index in [1.807, 2.05) is 0 Å². The van der Waals surface area contributed by atoms with Crippen molar-refractivity contribution in [2.75, 3.05) is 12.4 Å². The monoisotopic (exact) mass is 160 g/mol. The first kappa shape index (κ1) is 10.6. The summed E-state index contributed by atoms with van der Waals surface area (Å²) in [5, 5.41) is 0. The molecule has 0 heterocycles. The van der Waals surface area contributed by atoms with E-state index in [0.29, 0.717) is 12.4 Å². The zero-order chi connectivity index (χ0) is 6.12. The summed E-state index contributed by atoms with van der Waals surface area (Å²) in [6.45, 7) is 0.712. The maximum absolute atomic E-state index is 8.19.